The Morgan fingerprint density at radius 1 is 1.04 bits per heavy atom. The zero-order chi connectivity index (χ0) is 18.8. The number of benzene rings is 2. The maximum Gasteiger partial charge on any atom is 0.251 e. The first-order valence-corrected chi connectivity index (χ1v) is 8.13. The second kappa shape index (κ2) is 9.61. The van der Waals surface area contributed by atoms with Gasteiger partial charge in [-0.3, -0.25) is 9.59 Å². The summed E-state index contributed by atoms with van der Waals surface area (Å²) in [7, 11) is 0. The Morgan fingerprint density at radius 3 is 2.50 bits per heavy atom. The third-order valence-corrected chi connectivity index (χ3v) is 3.78. The van der Waals surface area contributed by atoms with Gasteiger partial charge in [0.2, 0.25) is 5.91 Å². The van der Waals surface area contributed by atoms with E-state index in [9.17, 15) is 9.59 Å². The number of hydrogen-bond acceptors (Lipinski definition) is 4. The lowest BCUT2D eigenvalue weighted by molar-refractivity contribution is -0.122. The summed E-state index contributed by atoms with van der Waals surface area (Å²) in [6, 6.07) is 18.9. The van der Waals surface area contributed by atoms with Crippen LogP contribution >= 0.6 is 0 Å². The van der Waals surface area contributed by atoms with Crippen LogP contribution in [0.25, 0.3) is 0 Å². The van der Waals surface area contributed by atoms with Crippen LogP contribution in [0.5, 0.6) is 0 Å². The van der Waals surface area contributed by atoms with Crippen molar-refractivity contribution in [2.45, 2.75) is 18.9 Å². The molecule has 2 aromatic carbocycles. The number of nitriles is 2. The van der Waals surface area contributed by atoms with E-state index in [0.717, 1.165) is 5.56 Å². The summed E-state index contributed by atoms with van der Waals surface area (Å²) >= 11 is 0. The quantitative estimate of drug-likeness (QED) is 0.747. The van der Waals surface area contributed by atoms with Gasteiger partial charge in [-0.25, -0.2) is 0 Å². The van der Waals surface area contributed by atoms with Crippen LogP contribution in [0.1, 0.15) is 27.9 Å². The van der Waals surface area contributed by atoms with Gasteiger partial charge >= 0.3 is 0 Å². The molecule has 0 heterocycles. The molecule has 0 saturated heterocycles. The summed E-state index contributed by atoms with van der Waals surface area (Å²) in [5.74, 6) is -0.763. The van der Waals surface area contributed by atoms with Crippen LogP contribution in [0.2, 0.25) is 0 Å². The van der Waals surface area contributed by atoms with Gasteiger partial charge in [-0.1, -0.05) is 30.3 Å². The van der Waals surface area contributed by atoms with E-state index in [1.54, 1.807) is 48.5 Å². The Kier molecular flexibility index (Phi) is 6.91. The number of amides is 2. The molecule has 2 N–H and O–H groups in total. The van der Waals surface area contributed by atoms with Crippen LogP contribution in [0.15, 0.2) is 54.6 Å². The lowest BCUT2D eigenvalue weighted by atomic mass is 10.0. The van der Waals surface area contributed by atoms with Gasteiger partial charge in [0.15, 0.2) is 0 Å². The summed E-state index contributed by atoms with van der Waals surface area (Å²) in [5, 5.41) is 22.8. The van der Waals surface area contributed by atoms with Crippen molar-refractivity contribution in [3.05, 3.63) is 71.3 Å². The molecule has 130 valence electrons. The third-order valence-electron chi connectivity index (χ3n) is 3.78. The van der Waals surface area contributed by atoms with Gasteiger partial charge in [-0.15, -0.1) is 0 Å². The lowest BCUT2D eigenvalue weighted by Gasteiger charge is -2.18. The van der Waals surface area contributed by atoms with Crippen molar-refractivity contribution >= 4 is 11.8 Å². The number of carbonyl (C=O) groups is 2. The van der Waals surface area contributed by atoms with E-state index in [-0.39, 0.29) is 12.5 Å². The molecular weight excluding hydrogens is 328 g/mol. The van der Waals surface area contributed by atoms with Gasteiger partial charge in [-0.05, 0) is 42.7 Å². The van der Waals surface area contributed by atoms with Crippen molar-refractivity contribution in [1.29, 1.82) is 10.5 Å². The van der Waals surface area contributed by atoms with Crippen molar-refractivity contribution in [2.75, 3.05) is 6.54 Å². The highest BCUT2D eigenvalue weighted by Gasteiger charge is 2.21. The van der Waals surface area contributed by atoms with E-state index in [2.05, 4.69) is 16.7 Å². The summed E-state index contributed by atoms with van der Waals surface area (Å²) in [6.07, 6.45) is 0.861. The van der Waals surface area contributed by atoms with Gasteiger partial charge in [0.05, 0.1) is 17.7 Å². The number of nitrogens with one attached hydrogen (secondary N) is 2. The molecule has 0 fully saturated rings. The molecule has 0 aliphatic rings. The minimum Gasteiger partial charge on any atom is -0.341 e. The fourth-order valence-electron chi connectivity index (χ4n) is 2.46. The first-order valence-electron chi connectivity index (χ1n) is 8.13. The normalized spacial score (nSPS) is 10.8. The zero-order valence-corrected chi connectivity index (χ0v) is 14.1. The molecule has 2 amide bonds. The molecule has 0 aliphatic heterocycles. The molecular formula is C20H18N4O2. The van der Waals surface area contributed by atoms with E-state index in [1.807, 2.05) is 12.1 Å². The standard InChI is InChI=1S/C20H18N4O2/c21-11-12-23-20(26)18(24-19(25)17-7-2-1-3-8-17)10-9-15-5-4-6-16(13-15)14-22/h1-8,13,18H,9-10,12H2,(H,23,26)(H,24,25). The molecule has 2 aromatic rings. The lowest BCUT2D eigenvalue weighted by Crippen LogP contribution is -2.47. The van der Waals surface area contributed by atoms with Gasteiger partial charge in [-0.2, -0.15) is 10.5 Å². The predicted octanol–water partition coefficient (Wildman–Crippen LogP) is 1.93. The highest BCUT2D eigenvalue weighted by Crippen LogP contribution is 2.09. The summed E-state index contributed by atoms with van der Waals surface area (Å²) < 4.78 is 0. The van der Waals surface area contributed by atoms with Crippen molar-refractivity contribution in [2.24, 2.45) is 0 Å². The first kappa shape index (κ1) is 18.7. The van der Waals surface area contributed by atoms with Gasteiger partial charge < -0.3 is 10.6 Å². The molecule has 26 heavy (non-hydrogen) atoms. The number of hydrogen-bond donors (Lipinski definition) is 2. The first-order chi connectivity index (χ1) is 12.6. The average Bonchev–Trinajstić information content (AvgIpc) is 2.69. The van der Waals surface area contributed by atoms with E-state index >= 15 is 0 Å². The van der Waals surface area contributed by atoms with Crippen LogP contribution in [0.4, 0.5) is 0 Å². The van der Waals surface area contributed by atoms with E-state index in [4.69, 9.17) is 10.5 Å². The van der Waals surface area contributed by atoms with Crippen LogP contribution in [0.3, 0.4) is 0 Å². The Balaban J connectivity index is 2.08. The largest absolute Gasteiger partial charge is 0.341 e. The number of aryl methyl sites for hydroxylation is 1. The molecule has 0 radical (unpaired) electrons. The maximum atomic E-state index is 12.3. The van der Waals surface area contributed by atoms with E-state index in [0.29, 0.717) is 24.0 Å². The molecule has 1 unspecified atom stereocenters. The number of rotatable bonds is 7. The van der Waals surface area contributed by atoms with E-state index < -0.39 is 11.9 Å². The van der Waals surface area contributed by atoms with Crippen molar-refractivity contribution in [1.82, 2.24) is 10.6 Å². The van der Waals surface area contributed by atoms with Crippen LogP contribution in [-0.4, -0.2) is 24.4 Å². The third kappa shape index (κ3) is 5.47. The molecule has 0 saturated carbocycles. The Morgan fingerprint density at radius 2 is 1.81 bits per heavy atom. The fraction of sp³-hybridized carbons (Fsp3) is 0.200. The second-order valence-electron chi connectivity index (χ2n) is 5.62. The molecule has 0 bridgehead atoms. The second-order valence-corrected chi connectivity index (χ2v) is 5.62. The van der Waals surface area contributed by atoms with Crippen molar-refractivity contribution < 1.29 is 9.59 Å². The highest BCUT2D eigenvalue weighted by molar-refractivity contribution is 5.97. The molecule has 1 atom stereocenters. The van der Waals surface area contributed by atoms with Crippen LogP contribution in [0, 0.1) is 22.7 Å². The Hall–Kier alpha value is -3.64. The van der Waals surface area contributed by atoms with E-state index in [1.165, 1.54) is 0 Å². The van der Waals surface area contributed by atoms with Crippen LogP contribution < -0.4 is 10.6 Å². The predicted molar refractivity (Wildman–Crippen MR) is 95.8 cm³/mol. The van der Waals surface area contributed by atoms with Gasteiger partial charge in [0.25, 0.3) is 5.91 Å². The SMILES string of the molecule is N#CCNC(=O)C(CCc1cccc(C#N)c1)NC(=O)c1ccccc1. The molecule has 6 nitrogen and oxygen atoms in total. The molecule has 2 rings (SSSR count). The molecule has 0 spiro atoms. The Labute approximate surface area is 152 Å². The average molecular weight is 346 g/mol. The summed E-state index contributed by atoms with van der Waals surface area (Å²) in [5.41, 5.74) is 1.90. The number of carbonyl (C=O) groups excluding carboxylic acids is 2. The summed E-state index contributed by atoms with van der Waals surface area (Å²) in [6.45, 7) is -0.125. The smallest absolute Gasteiger partial charge is 0.251 e. The monoisotopic (exact) mass is 346 g/mol. The number of nitrogens with zero attached hydrogens (tertiary/aromatic N) is 2. The van der Waals surface area contributed by atoms with Crippen molar-refractivity contribution in [3.8, 4) is 12.1 Å². The summed E-state index contributed by atoms with van der Waals surface area (Å²) in [4.78, 5) is 24.6. The van der Waals surface area contributed by atoms with Crippen molar-refractivity contribution in [3.63, 3.8) is 0 Å². The minimum absolute atomic E-state index is 0.125. The zero-order valence-electron chi connectivity index (χ0n) is 14.1. The van der Waals surface area contributed by atoms with Gasteiger partial charge in [0.1, 0.15) is 12.6 Å². The highest BCUT2D eigenvalue weighted by atomic mass is 16.2. The topological polar surface area (TPSA) is 106 Å². The minimum atomic E-state index is -0.776. The van der Waals surface area contributed by atoms with Crippen LogP contribution in [-0.2, 0) is 11.2 Å². The maximum absolute atomic E-state index is 12.3. The molecule has 0 aliphatic carbocycles. The molecule has 0 aromatic heterocycles. The fourth-order valence-corrected chi connectivity index (χ4v) is 2.46. The Bertz CT molecular complexity index is 850. The molecule has 6 heteroatoms. The van der Waals surface area contributed by atoms with Gasteiger partial charge in [0, 0.05) is 5.56 Å².